The predicted molar refractivity (Wildman–Crippen MR) is 111 cm³/mol. The number of hydrogen-bond acceptors (Lipinski definition) is 3. The summed E-state index contributed by atoms with van der Waals surface area (Å²) in [6.45, 7) is 0.361. The van der Waals surface area contributed by atoms with E-state index in [0.717, 1.165) is 22.4 Å². The molecule has 0 aliphatic heterocycles. The Balaban J connectivity index is 1.53. The second-order valence-corrected chi connectivity index (χ2v) is 6.51. The zero-order valence-electron chi connectivity index (χ0n) is 15.6. The second-order valence-electron chi connectivity index (χ2n) is 6.51. The van der Waals surface area contributed by atoms with Crippen LogP contribution in [0, 0.1) is 11.3 Å². The number of hydrogen-bond donors (Lipinski definition) is 1. The van der Waals surface area contributed by atoms with Crippen LogP contribution in [0.2, 0.25) is 0 Å². The van der Waals surface area contributed by atoms with E-state index in [9.17, 15) is 10.1 Å². The summed E-state index contributed by atoms with van der Waals surface area (Å²) in [5, 5.41) is 16.7. The molecule has 1 heterocycles. The van der Waals surface area contributed by atoms with Crippen molar-refractivity contribution >= 4 is 5.91 Å². The van der Waals surface area contributed by atoms with Gasteiger partial charge in [-0.25, -0.2) is 4.68 Å². The number of aromatic nitrogens is 2. The molecule has 0 bridgehead atoms. The number of rotatable bonds is 5. The molecule has 0 fully saturated rings. The number of para-hydroxylation sites is 1. The van der Waals surface area contributed by atoms with Crippen molar-refractivity contribution in [1.29, 1.82) is 5.26 Å². The molecule has 4 aromatic rings. The minimum Gasteiger partial charge on any atom is -0.348 e. The van der Waals surface area contributed by atoms with E-state index in [2.05, 4.69) is 16.5 Å². The molecule has 1 N–H and O–H groups in total. The van der Waals surface area contributed by atoms with Gasteiger partial charge >= 0.3 is 0 Å². The molecule has 140 valence electrons. The van der Waals surface area contributed by atoms with Crippen LogP contribution in [0.15, 0.2) is 91.3 Å². The number of carbonyl (C=O) groups excluding carboxylic acids is 1. The Morgan fingerprint density at radius 2 is 1.62 bits per heavy atom. The minimum absolute atomic E-state index is 0.194. The maximum atomic E-state index is 12.9. The molecule has 4 rings (SSSR count). The van der Waals surface area contributed by atoms with Crippen molar-refractivity contribution in [2.75, 3.05) is 0 Å². The van der Waals surface area contributed by atoms with Gasteiger partial charge in [-0.15, -0.1) is 0 Å². The summed E-state index contributed by atoms with van der Waals surface area (Å²) in [4.78, 5) is 12.9. The van der Waals surface area contributed by atoms with Crippen molar-refractivity contribution in [3.8, 4) is 22.9 Å². The highest BCUT2D eigenvalue weighted by Crippen LogP contribution is 2.26. The van der Waals surface area contributed by atoms with Gasteiger partial charge in [-0.3, -0.25) is 4.79 Å². The maximum absolute atomic E-state index is 12.9. The number of benzene rings is 3. The van der Waals surface area contributed by atoms with Crippen molar-refractivity contribution in [2.24, 2.45) is 0 Å². The molecule has 0 spiro atoms. The standard InChI is InChI=1S/C24H18N4O/c25-14-19-8-4-5-11-21(19)22-12-6-7-13-23(22)24(29)26-15-18-16-27-28(17-18)20-9-2-1-3-10-20/h1-13,16-17H,15H2,(H,26,29). The smallest absolute Gasteiger partial charge is 0.252 e. The highest BCUT2D eigenvalue weighted by molar-refractivity contribution is 6.01. The van der Waals surface area contributed by atoms with Crippen LogP contribution in [0.5, 0.6) is 0 Å². The average Bonchev–Trinajstić information content (AvgIpc) is 3.27. The van der Waals surface area contributed by atoms with E-state index in [1.807, 2.05) is 72.9 Å². The molecule has 0 saturated carbocycles. The molecule has 0 radical (unpaired) electrons. The fraction of sp³-hybridized carbons (Fsp3) is 0.0417. The van der Waals surface area contributed by atoms with Crippen LogP contribution in [0.4, 0.5) is 0 Å². The zero-order chi connectivity index (χ0) is 20.1. The SMILES string of the molecule is N#Cc1ccccc1-c1ccccc1C(=O)NCc1cnn(-c2ccccc2)c1. The maximum Gasteiger partial charge on any atom is 0.252 e. The van der Waals surface area contributed by atoms with Crippen molar-refractivity contribution in [2.45, 2.75) is 6.54 Å². The van der Waals surface area contributed by atoms with E-state index in [0.29, 0.717) is 17.7 Å². The topological polar surface area (TPSA) is 70.7 Å². The number of carbonyl (C=O) groups is 1. The fourth-order valence-corrected chi connectivity index (χ4v) is 3.18. The molecule has 1 aromatic heterocycles. The summed E-state index contributed by atoms with van der Waals surface area (Å²) < 4.78 is 1.78. The Morgan fingerprint density at radius 3 is 2.41 bits per heavy atom. The Hall–Kier alpha value is -4.17. The molecule has 1 amide bonds. The quantitative estimate of drug-likeness (QED) is 0.561. The van der Waals surface area contributed by atoms with E-state index < -0.39 is 0 Å². The summed E-state index contributed by atoms with van der Waals surface area (Å²) in [7, 11) is 0. The number of nitrogens with one attached hydrogen (secondary N) is 1. The first kappa shape index (κ1) is 18.2. The van der Waals surface area contributed by atoms with Gasteiger partial charge in [-0.1, -0.05) is 54.6 Å². The van der Waals surface area contributed by atoms with Gasteiger partial charge in [0.05, 0.1) is 23.5 Å². The Bertz CT molecular complexity index is 1190. The first-order valence-corrected chi connectivity index (χ1v) is 9.22. The molecule has 29 heavy (non-hydrogen) atoms. The van der Waals surface area contributed by atoms with Crippen molar-refractivity contribution in [3.05, 3.63) is 108 Å². The highest BCUT2D eigenvalue weighted by atomic mass is 16.1. The molecule has 5 heteroatoms. The molecule has 5 nitrogen and oxygen atoms in total. The van der Waals surface area contributed by atoms with Crippen molar-refractivity contribution < 1.29 is 4.79 Å². The van der Waals surface area contributed by atoms with Gasteiger partial charge in [-0.05, 0) is 29.8 Å². The van der Waals surface area contributed by atoms with Crippen molar-refractivity contribution in [3.63, 3.8) is 0 Å². The fourth-order valence-electron chi connectivity index (χ4n) is 3.18. The lowest BCUT2D eigenvalue weighted by Crippen LogP contribution is -2.23. The summed E-state index contributed by atoms with van der Waals surface area (Å²) in [6, 6.07) is 26.6. The number of nitrogens with zero attached hydrogens (tertiary/aromatic N) is 3. The first-order valence-electron chi connectivity index (χ1n) is 9.22. The van der Waals surface area contributed by atoms with E-state index in [1.54, 1.807) is 23.0 Å². The van der Waals surface area contributed by atoms with Crippen LogP contribution in [0.1, 0.15) is 21.5 Å². The Morgan fingerprint density at radius 1 is 0.931 bits per heavy atom. The molecule has 0 atom stereocenters. The second kappa shape index (κ2) is 8.24. The van der Waals surface area contributed by atoms with E-state index >= 15 is 0 Å². The van der Waals surface area contributed by atoms with E-state index in [1.165, 1.54) is 0 Å². The summed E-state index contributed by atoms with van der Waals surface area (Å²) in [5.41, 5.74) is 4.42. The normalized spacial score (nSPS) is 10.3. The number of nitriles is 1. The molecule has 0 unspecified atom stereocenters. The molecular weight excluding hydrogens is 360 g/mol. The van der Waals surface area contributed by atoms with E-state index in [4.69, 9.17) is 0 Å². The molecular formula is C24H18N4O. The molecule has 0 saturated heterocycles. The monoisotopic (exact) mass is 378 g/mol. The largest absolute Gasteiger partial charge is 0.348 e. The zero-order valence-corrected chi connectivity index (χ0v) is 15.6. The number of amides is 1. The molecule has 0 aliphatic rings. The van der Waals surface area contributed by atoms with Crippen LogP contribution in [0.3, 0.4) is 0 Å². The Kier molecular flexibility index (Phi) is 5.17. The third-order valence-corrected chi connectivity index (χ3v) is 4.62. The molecule has 3 aromatic carbocycles. The van der Waals surface area contributed by atoms with Gasteiger partial charge in [-0.2, -0.15) is 10.4 Å². The van der Waals surface area contributed by atoms with Gasteiger partial charge < -0.3 is 5.32 Å². The van der Waals surface area contributed by atoms with Crippen LogP contribution in [-0.2, 0) is 6.54 Å². The average molecular weight is 378 g/mol. The predicted octanol–water partition coefficient (Wildman–Crippen LogP) is 4.34. The van der Waals surface area contributed by atoms with Crippen LogP contribution in [-0.4, -0.2) is 15.7 Å². The van der Waals surface area contributed by atoms with E-state index in [-0.39, 0.29) is 5.91 Å². The third-order valence-electron chi connectivity index (χ3n) is 4.62. The van der Waals surface area contributed by atoms with Crippen molar-refractivity contribution in [1.82, 2.24) is 15.1 Å². The first-order chi connectivity index (χ1) is 14.3. The van der Waals surface area contributed by atoms with Gasteiger partial charge in [0.1, 0.15) is 0 Å². The van der Waals surface area contributed by atoms with Crippen LogP contribution in [0.25, 0.3) is 16.8 Å². The molecule has 0 aliphatic carbocycles. The highest BCUT2D eigenvalue weighted by Gasteiger charge is 2.14. The van der Waals surface area contributed by atoms with Crippen LogP contribution >= 0.6 is 0 Å². The Labute approximate surface area is 168 Å². The lowest BCUT2D eigenvalue weighted by atomic mass is 9.95. The summed E-state index contributed by atoms with van der Waals surface area (Å²) >= 11 is 0. The minimum atomic E-state index is -0.194. The summed E-state index contributed by atoms with van der Waals surface area (Å²) in [5.74, 6) is -0.194. The van der Waals surface area contributed by atoms with Gasteiger partial charge in [0.2, 0.25) is 0 Å². The third kappa shape index (κ3) is 3.92. The van der Waals surface area contributed by atoms with Gasteiger partial charge in [0, 0.05) is 29.4 Å². The lowest BCUT2D eigenvalue weighted by Gasteiger charge is -2.11. The van der Waals surface area contributed by atoms with Crippen LogP contribution < -0.4 is 5.32 Å². The van der Waals surface area contributed by atoms with Gasteiger partial charge in [0.25, 0.3) is 5.91 Å². The summed E-state index contributed by atoms with van der Waals surface area (Å²) in [6.07, 6.45) is 3.64. The lowest BCUT2D eigenvalue weighted by molar-refractivity contribution is 0.0951. The van der Waals surface area contributed by atoms with Gasteiger partial charge in [0.15, 0.2) is 0 Å².